The molecule has 1 heterocycles. The molecule has 0 spiro atoms. The van der Waals surface area contributed by atoms with Crippen molar-refractivity contribution in [1.29, 1.82) is 0 Å². The zero-order valence-electron chi connectivity index (χ0n) is 13.0. The number of primary amides is 1. The van der Waals surface area contributed by atoms with E-state index in [1.54, 1.807) is 0 Å². The van der Waals surface area contributed by atoms with E-state index in [9.17, 15) is 4.79 Å². The third-order valence-electron chi connectivity index (χ3n) is 4.27. The van der Waals surface area contributed by atoms with E-state index in [4.69, 9.17) is 10.5 Å². The van der Waals surface area contributed by atoms with Gasteiger partial charge in [-0.25, -0.2) is 0 Å². The van der Waals surface area contributed by atoms with Gasteiger partial charge in [0.25, 0.3) is 0 Å². The van der Waals surface area contributed by atoms with Gasteiger partial charge in [-0.2, -0.15) is 0 Å². The van der Waals surface area contributed by atoms with Crippen LogP contribution in [0.15, 0.2) is 24.3 Å². The quantitative estimate of drug-likeness (QED) is 0.808. The van der Waals surface area contributed by atoms with Crippen LogP contribution in [0.1, 0.15) is 44.2 Å². The Bertz CT molecular complexity index is 466. The molecule has 4 heteroatoms. The fraction of sp³-hybridized carbons (Fsp3) is 0.588. The van der Waals surface area contributed by atoms with Crippen LogP contribution in [0.3, 0.4) is 0 Å². The Morgan fingerprint density at radius 3 is 2.67 bits per heavy atom. The first kappa shape index (κ1) is 16.0. The van der Waals surface area contributed by atoms with Crippen molar-refractivity contribution in [3.8, 4) is 0 Å². The van der Waals surface area contributed by atoms with Gasteiger partial charge < -0.3 is 10.5 Å². The standard InChI is InChI=1S/C17H26N2O2/c1-3-5-13-7-9-14(10-8-13)17(2,16(18)20)19-12-15-6-4-11-21-15/h7-10,15,19H,3-6,11-12H2,1-2H3,(H2,18,20). The average Bonchev–Trinajstić information content (AvgIpc) is 2.99. The Labute approximate surface area is 127 Å². The van der Waals surface area contributed by atoms with E-state index in [2.05, 4.69) is 24.4 Å². The second kappa shape index (κ2) is 7.05. The molecule has 1 aliphatic rings. The highest BCUT2D eigenvalue weighted by Crippen LogP contribution is 2.22. The van der Waals surface area contributed by atoms with Gasteiger partial charge in [-0.15, -0.1) is 0 Å². The topological polar surface area (TPSA) is 64.3 Å². The number of hydrogen-bond acceptors (Lipinski definition) is 3. The Hall–Kier alpha value is -1.39. The molecule has 2 unspecified atom stereocenters. The van der Waals surface area contributed by atoms with Crippen LogP contribution in [-0.2, 0) is 21.5 Å². The highest BCUT2D eigenvalue weighted by molar-refractivity contribution is 5.85. The minimum atomic E-state index is -0.851. The van der Waals surface area contributed by atoms with Crippen molar-refractivity contribution in [2.24, 2.45) is 5.73 Å². The molecule has 1 aromatic rings. The number of nitrogens with one attached hydrogen (secondary N) is 1. The van der Waals surface area contributed by atoms with E-state index >= 15 is 0 Å². The summed E-state index contributed by atoms with van der Waals surface area (Å²) in [4.78, 5) is 12.0. The van der Waals surface area contributed by atoms with Crippen LogP contribution in [0.5, 0.6) is 0 Å². The summed E-state index contributed by atoms with van der Waals surface area (Å²) in [6.45, 7) is 5.46. The third kappa shape index (κ3) is 3.83. The number of carbonyl (C=O) groups is 1. The van der Waals surface area contributed by atoms with Crippen LogP contribution >= 0.6 is 0 Å². The van der Waals surface area contributed by atoms with Crippen molar-refractivity contribution >= 4 is 5.91 Å². The summed E-state index contributed by atoms with van der Waals surface area (Å²) < 4.78 is 5.60. The molecular formula is C17H26N2O2. The maximum Gasteiger partial charge on any atom is 0.242 e. The minimum absolute atomic E-state index is 0.183. The molecular weight excluding hydrogens is 264 g/mol. The Morgan fingerprint density at radius 1 is 1.43 bits per heavy atom. The lowest BCUT2D eigenvalue weighted by molar-refractivity contribution is -0.124. The lowest BCUT2D eigenvalue weighted by Crippen LogP contribution is -2.52. The molecule has 1 aliphatic heterocycles. The van der Waals surface area contributed by atoms with Gasteiger partial charge in [0.1, 0.15) is 5.54 Å². The normalized spacial score (nSPS) is 21.1. The zero-order chi connectivity index (χ0) is 15.3. The van der Waals surface area contributed by atoms with E-state index in [-0.39, 0.29) is 12.0 Å². The van der Waals surface area contributed by atoms with E-state index < -0.39 is 5.54 Å². The molecule has 116 valence electrons. The van der Waals surface area contributed by atoms with Crippen molar-refractivity contribution < 1.29 is 9.53 Å². The average molecular weight is 290 g/mol. The number of carbonyl (C=O) groups excluding carboxylic acids is 1. The number of rotatable bonds is 7. The van der Waals surface area contributed by atoms with Crippen LogP contribution in [0.4, 0.5) is 0 Å². The molecule has 1 aromatic carbocycles. The summed E-state index contributed by atoms with van der Waals surface area (Å²) in [5.74, 6) is -0.358. The summed E-state index contributed by atoms with van der Waals surface area (Å²) in [5, 5.41) is 3.31. The largest absolute Gasteiger partial charge is 0.377 e. The summed E-state index contributed by atoms with van der Waals surface area (Å²) in [7, 11) is 0. The number of aryl methyl sites for hydroxylation is 1. The van der Waals surface area contributed by atoms with Gasteiger partial charge in [-0.1, -0.05) is 37.6 Å². The molecule has 2 atom stereocenters. The van der Waals surface area contributed by atoms with Gasteiger partial charge in [0.15, 0.2) is 0 Å². The molecule has 1 amide bonds. The minimum Gasteiger partial charge on any atom is -0.377 e. The van der Waals surface area contributed by atoms with Gasteiger partial charge in [0.2, 0.25) is 5.91 Å². The molecule has 21 heavy (non-hydrogen) atoms. The molecule has 1 fully saturated rings. The fourth-order valence-electron chi connectivity index (χ4n) is 2.75. The van der Waals surface area contributed by atoms with Crippen molar-refractivity contribution in [2.45, 2.75) is 51.2 Å². The molecule has 1 saturated heterocycles. The van der Waals surface area contributed by atoms with E-state index in [0.717, 1.165) is 37.9 Å². The Morgan fingerprint density at radius 2 is 2.14 bits per heavy atom. The van der Waals surface area contributed by atoms with Crippen LogP contribution in [0, 0.1) is 0 Å². The van der Waals surface area contributed by atoms with Crippen molar-refractivity contribution in [3.63, 3.8) is 0 Å². The molecule has 0 bridgehead atoms. The van der Waals surface area contributed by atoms with Crippen molar-refractivity contribution in [2.75, 3.05) is 13.2 Å². The first-order chi connectivity index (χ1) is 10.1. The lowest BCUT2D eigenvalue weighted by atomic mass is 9.90. The molecule has 3 N–H and O–H groups in total. The van der Waals surface area contributed by atoms with Gasteiger partial charge in [-0.05, 0) is 37.3 Å². The van der Waals surface area contributed by atoms with Crippen molar-refractivity contribution in [3.05, 3.63) is 35.4 Å². The Balaban J connectivity index is 2.10. The second-order valence-electron chi connectivity index (χ2n) is 5.95. The summed E-state index contributed by atoms with van der Waals surface area (Å²) in [6, 6.07) is 8.15. The van der Waals surface area contributed by atoms with Crippen molar-refractivity contribution in [1.82, 2.24) is 5.32 Å². The monoisotopic (exact) mass is 290 g/mol. The number of hydrogen-bond donors (Lipinski definition) is 2. The first-order valence-electron chi connectivity index (χ1n) is 7.82. The number of amides is 1. The van der Waals surface area contributed by atoms with E-state index in [1.165, 1.54) is 5.56 Å². The van der Waals surface area contributed by atoms with E-state index in [1.807, 2.05) is 19.1 Å². The molecule has 0 saturated carbocycles. The number of nitrogens with two attached hydrogens (primary N) is 1. The summed E-state index contributed by atoms with van der Waals surface area (Å²) in [6.07, 6.45) is 4.48. The van der Waals surface area contributed by atoms with Crippen LogP contribution < -0.4 is 11.1 Å². The molecule has 0 aliphatic carbocycles. The summed E-state index contributed by atoms with van der Waals surface area (Å²) in [5.41, 5.74) is 6.99. The highest BCUT2D eigenvalue weighted by atomic mass is 16.5. The smallest absolute Gasteiger partial charge is 0.242 e. The predicted molar refractivity (Wildman–Crippen MR) is 84.0 cm³/mol. The predicted octanol–water partition coefficient (Wildman–Crippen LogP) is 2.11. The molecule has 4 nitrogen and oxygen atoms in total. The van der Waals surface area contributed by atoms with Gasteiger partial charge in [-0.3, -0.25) is 10.1 Å². The third-order valence-corrected chi connectivity index (χ3v) is 4.27. The number of benzene rings is 1. The maximum atomic E-state index is 12.0. The molecule has 0 radical (unpaired) electrons. The first-order valence-corrected chi connectivity index (χ1v) is 7.82. The number of ether oxygens (including phenoxy) is 1. The Kier molecular flexibility index (Phi) is 5.37. The lowest BCUT2D eigenvalue weighted by Gasteiger charge is -2.29. The van der Waals surface area contributed by atoms with Crippen LogP contribution in [-0.4, -0.2) is 25.2 Å². The zero-order valence-corrected chi connectivity index (χ0v) is 13.0. The van der Waals surface area contributed by atoms with Gasteiger partial charge in [0, 0.05) is 13.2 Å². The molecule has 2 rings (SSSR count). The van der Waals surface area contributed by atoms with Gasteiger partial charge in [0.05, 0.1) is 6.10 Å². The maximum absolute atomic E-state index is 12.0. The molecule has 0 aromatic heterocycles. The van der Waals surface area contributed by atoms with E-state index in [0.29, 0.717) is 6.54 Å². The summed E-state index contributed by atoms with van der Waals surface area (Å²) >= 11 is 0. The fourth-order valence-corrected chi connectivity index (χ4v) is 2.75. The highest BCUT2D eigenvalue weighted by Gasteiger charge is 2.33. The van der Waals surface area contributed by atoms with Crippen LogP contribution in [0.25, 0.3) is 0 Å². The van der Waals surface area contributed by atoms with Crippen LogP contribution in [0.2, 0.25) is 0 Å². The SMILES string of the molecule is CCCc1ccc(C(C)(NCC2CCCO2)C(N)=O)cc1. The second-order valence-corrected chi connectivity index (χ2v) is 5.95. The van der Waals surface area contributed by atoms with Gasteiger partial charge >= 0.3 is 0 Å².